The van der Waals surface area contributed by atoms with Crippen molar-refractivity contribution in [3.05, 3.63) is 48.2 Å². The van der Waals surface area contributed by atoms with Gasteiger partial charge in [0, 0.05) is 31.0 Å². The molecule has 1 aromatic heterocycles. The molecule has 0 bridgehead atoms. The van der Waals surface area contributed by atoms with Gasteiger partial charge in [-0.15, -0.1) is 0 Å². The second kappa shape index (κ2) is 6.31. The quantitative estimate of drug-likeness (QED) is 0.633. The number of aromatic nitrogens is 2. The van der Waals surface area contributed by atoms with Gasteiger partial charge in [-0.2, -0.15) is 5.10 Å². The molecule has 0 radical (unpaired) electrons. The Morgan fingerprint density at radius 1 is 1.19 bits per heavy atom. The lowest BCUT2D eigenvalue weighted by atomic mass is 9.74. The fraction of sp³-hybridized carbons (Fsp3) is 0.348. The summed E-state index contributed by atoms with van der Waals surface area (Å²) in [5.74, 6) is 0.776. The van der Waals surface area contributed by atoms with Crippen LogP contribution in [0.25, 0.3) is 22.0 Å². The average Bonchev–Trinajstić information content (AvgIpc) is 3.33. The van der Waals surface area contributed by atoms with E-state index in [1.165, 1.54) is 4.90 Å². The number of nitrogens with one attached hydrogen (secondary N) is 1. The topological polar surface area (TPSA) is 106 Å². The second-order valence-corrected chi connectivity index (χ2v) is 8.70. The molecule has 2 spiro atoms. The Labute approximate surface area is 179 Å². The molecule has 3 N–H and O–H groups in total. The van der Waals surface area contributed by atoms with Crippen LogP contribution in [0.3, 0.4) is 0 Å². The van der Waals surface area contributed by atoms with E-state index in [9.17, 15) is 4.79 Å². The zero-order valence-corrected chi connectivity index (χ0v) is 17.2. The molecule has 3 aliphatic heterocycles. The molecule has 0 aliphatic carbocycles. The molecule has 8 heteroatoms. The number of hydrogen-bond donors (Lipinski definition) is 2. The minimum absolute atomic E-state index is 0.124. The van der Waals surface area contributed by atoms with E-state index in [0.717, 1.165) is 40.4 Å². The van der Waals surface area contributed by atoms with Gasteiger partial charge in [-0.1, -0.05) is 18.2 Å². The number of rotatable bonds is 1. The largest absolute Gasteiger partial charge is 0.484 e. The van der Waals surface area contributed by atoms with E-state index >= 15 is 0 Å². The van der Waals surface area contributed by atoms with Crippen LogP contribution in [0.1, 0.15) is 24.8 Å². The molecule has 6 rings (SSSR count). The Morgan fingerprint density at radius 2 is 2.03 bits per heavy atom. The summed E-state index contributed by atoms with van der Waals surface area (Å²) >= 11 is 0. The molecule has 3 aromatic rings. The van der Waals surface area contributed by atoms with Crippen LogP contribution in [0.15, 0.2) is 47.6 Å². The third kappa shape index (κ3) is 2.61. The van der Waals surface area contributed by atoms with Crippen molar-refractivity contribution in [3.8, 4) is 16.9 Å². The van der Waals surface area contributed by atoms with Gasteiger partial charge < -0.3 is 15.2 Å². The first-order valence-electron chi connectivity index (χ1n) is 10.5. The first-order chi connectivity index (χ1) is 15.0. The maximum absolute atomic E-state index is 13.5. The third-order valence-electron chi connectivity index (χ3n) is 6.70. The fourth-order valence-corrected chi connectivity index (χ4v) is 5.11. The smallest absolute Gasteiger partial charge is 0.261 e. The van der Waals surface area contributed by atoms with E-state index in [2.05, 4.69) is 16.3 Å². The lowest BCUT2D eigenvalue weighted by Crippen LogP contribution is -2.55. The van der Waals surface area contributed by atoms with Gasteiger partial charge in [-0.05, 0) is 42.2 Å². The van der Waals surface area contributed by atoms with Gasteiger partial charge >= 0.3 is 0 Å². The first kappa shape index (κ1) is 18.4. The number of nitrogens with zero attached hydrogens (tertiary/aromatic N) is 3. The summed E-state index contributed by atoms with van der Waals surface area (Å²) in [5.41, 5.74) is 8.15. The monoisotopic (exact) mass is 417 g/mol. The molecule has 2 unspecified atom stereocenters. The predicted molar refractivity (Wildman–Crippen MR) is 116 cm³/mol. The molecule has 1 saturated heterocycles. The summed E-state index contributed by atoms with van der Waals surface area (Å²) < 4.78 is 12.2. The van der Waals surface area contributed by atoms with Crippen molar-refractivity contribution in [1.82, 2.24) is 15.1 Å². The molecule has 0 saturated carbocycles. The highest BCUT2D eigenvalue weighted by Gasteiger charge is 2.58. The maximum Gasteiger partial charge on any atom is 0.261 e. The molecule has 2 aromatic carbocycles. The van der Waals surface area contributed by atoms with Gasteiger partial charge in [0.25, 0.3) is 5.91 Å². The van der Waals surface area contributed by atoms with Crippen molar-refractivity contribution in [2.24, 2.45) is 10.7 Å². The third-order valence-corrected chi connectivity index (χ3v) is 6.70. The summed E-state index contributed by atoms with van der Waals surface area (Å²) in [7, 11) is 1.67. The Hall–Kier alpha value is -3.39. The molecule has 1 fully saturated rings. The lowest BCUT2D eigenvalue weighted by molar-refractivity contribution is -0.139. The van der Waals surface area contributed by atoms with Crippen molar-refractivity contribution in [2.75, 3.05) is 20.3 Å². The normalized spacial score (nSPS) is 27.6. The van der Waals surface area contributed by atoms with Crippen LogP contribution < -0.4 is 10.5 Å². The van der Waals surface area contributed by atoms with E-state index in [4.69, 9.17) is 20.2 Å². The summed E-state index contributed by atoms with van der Waals surface area (Å²) in [6.07, 6.45) is 3.92. The fourth-order valence-electron chi connectivity index (χ4n) is 5.11. The molecular weight excluding hydrogens is 394 g/mol. The molecule has 8 nitrogen and oxygen atoms in total. The van der Waals surface area contributed by atoms with E-state index < -0.39 is 11.1 Å². The minimum atomic E-state index is -1.10. The average molecular weight is 417 g/mol. The number of likely N-dealkylation sites (N-methyl/N-ethyl adjacent to an activating group) is 1. The number of carbonyl (C=O) groups excluding carboxylic acids is 1. The standard InChI is InChI=1S/C23H23N5O3/c1-28-20(29)23(26-21(28)24)12-22(7-2-8-30-13-22)31-19-6-5-14(9-17(19)23)15-3-4-16-11-25-27-18(16)10-15/h3-6,9-11H,2,7-8,12-13H2,1H3,(H2,24,26)(H,25,27). The summed E-state index contributed by atoms with van der Waals surface area (Å²) in [5, 5.41) is 8.16. The molecule has 158 valence electrons. The number of aliphatic imine (C=N–C) groups is 1. The number of amides is 1. The van der Waals surface area contributed by atoms with Crippen molar-refractivity contribution < 1.29 is 14.3 Å². The number of nitrogens with two attached hydrogens (primary N) is 1. The van der Waals surface area contributed by atoms with Crippen LogP contribution in [-0.2, 0) is 15.1 Å². The zero-order valence-electron chi connectivity index (χ0n) is 17.2. The number of benzene rings is 2. The molecule has 4 heterocycles. The van der Waals surface area contributed by atoms with Crippen LogP contribution in [0.5, 0.6) is 5.75 Å². The Morgan fingerprint density at radius 3 is 2.81 bits per heavy atom. The number of fused-ring (bicyclic) bond motifs is 3. The molecule has 1 amide bonds. The molecule has 3 aliphatic rings. The SMILES string of the molecule is CN1C(=O)C2(CC3(CCCOC3)Oc3ccc(-c4ccc5cn[nH]c5c4)cc32)N=C1N. The number of guanidine groups is 1. The van der Waals surface area contributed by atoms with Crippen molar-refractivity contribution in [2.45, 2.75) is 30.4 Å². The Balaban J connectivity index is 1.52. The van der Waals surface area contributed by atoms with Gasteiger partial charge in [0.2, 0.25) is 0 Å². The van der Waals surface area contributed by atoms with Crippen LogP contribution in [-0.4, -0.2) is 52.8 Å². The van der Waals surface area contributed by atoms with Gasteiger partial charge in [0.05, 0.1) is 18.3 Å². The van der Waals surface area contributed by atoms with Gasteiger partial charge in [0.15, 0.2) is 11.5 Å². The highest BCUT2D eigenvalue weighted by Crippen LogP contribution is 2.51. The molecule has 31 heavy (non-hydrogen) atoms. The lowest BCUT2D eigenvalue weighted by Gasteiger charge is -2.46. The van der Waals surface area contributed by atoms with Crippen molar-refractivity contribution in [3.63, 3.8) is 0 Å². The predicted octanol–water partition coefficient (Wildman–Crippen LogP) is 2.54. The summed E-state index contributed by atoms with van der Waals surface area (Å²) in [6, 6.07) is 12.1. The Bertz CT molecular complexity index is 1240. The van der Waals surface area contributed by atoms with E-state index in [0.29, 0.717) is 25.4 Å². The zero-order chi connectivity index (χ0) is 21.2. The number of ether oxygens (including phenoxy) is 2. The highest BCUT2D eigenvalue weighted by molar-refractivity contribution is 6.07. The van der Waals surface area contributed by atoms with Gasteiger partial charge in [-0.3, -0.25) is 14.8 Å². The van der Waals surface area contributed by atoms with Crippen LogP contribution in [0, 0.1) is 0 Å². The number of H-pyrrole nitrogens is 1. The van der Waals surface area contributed by atoms with E-state index in [-0.39, 0.29) is 11.9 Å². The first-order valence-corrected chi connectivity index (χ1v) is 10.5. The maximum atomic E-state index is 13.5. The summed E-state index contributed by atoms with van der Waals surface area (Å²) in [6.45, 7) is 1.15. The molecule has 2 atom stereocenters. The molecular formula is C23H23N5O3. The second-order valence-electron chi connectivity index (χ2n) is 8.70. The van der Waals surface area contributed by atoms with Crippen LogP contribution >= 0.6 is 0 Å². The highest BCUT2D eigenvalue weighted by atomic mass is 16.5. The van der Waals surface area contributed by atoms with Crippen LogP contribution in [0.2, 0.25) is 0 Å². The number of carbonyl (C=O) groups is 1. The van der Waals surface area contributed by atoms with Gasteiger partial charge in [0.1, 0.15) is 11.4 Å². The Kier molecular flexibility index (Phi) is 3.74. The number of aromatic amines is 1. The van der Waals surface area contributed by atoms with Crippen molar-refractivity contribution >= 4 is 22.8 Å². The summed E-state index contributed by atoms with van der Waals surface area (Å²) in [4.78, 5) is 19.7. The van der Waals surface area contributed by atoms with E-state index in [1.807, 2.05) is 30.3 Å². The van der Waals surface area contributed by atoms with Crippen LogP contribution in [0.4, 0.5) is 0 Å². The minimum Gasteiger partial charge on any atom is -0.484 e. The van der Waals surface area contributed by atoms with E-state index in [1.54, 1.807) is 13.2 Å². The van der Waals surface area contributed by atoms with Crippen molar-refractivity contribution in [1.29, 1.82) is 0 Å². The number of hydrogen-bond acceptors (Lipinski definition) is 6. The van der Waals surface area contributed by atoms with Gasteiger partial charge in [-0.25, -0.2) is 4.99 Å².